The van der Waals surface area contributed by atoms with E-state index in [1.54, 1.807) is 13.2 Å². The number of benzene rings is 1. The Kier molecular flexibility index (Phi) is 7.42. The first-order valence-electron chi connectivity index (χ1n) is 11.4. The van der Waals surface area contributed by atoms with Gasteiger partial charge in [-0.25, -0.2) is 9.37 Å². The van der Waals surface area contributed by atoms with Crippen LogP contribution in [-0.2, 0) is 17.2 Å². The first-order valence-corrected chi connectivity index (χ1v) is 12.7. The lowest BCUT2D eigenvalue weighted by atomic mass is 9.89. The number of allylic oxidation sites excluding steroid dienone is 3. The number of fused-ring (bicyclic) bond motifs is 1. The predicted molar refractivity (Wildman–Crippen MR) is 131 cm³/mol. The van der Waals surface area contributed by atoms with Crippen LogP contribution in [0.2, 0.25) is 0 Å². The normalized spacial score (nSPS) is 20.2. The number of nitrogens with zero attached hydrogens (tertiary/aromatic N) is 3. The van der Waals surface area contributed by atoms with Gasteiger partial charge >= 0.3 is 0 Å². The van der Waals surface area contributed by atoms with Crippen molar-refractivity contribution in [2.75, 3.05) is 36.2 Å². The molecule has 4 rings (SSSR count). The Labute approximate surface area is 197 Å². The van der Waals surface area contributed by atoms with Gasteiger partial charge in [-0.1, -0.05) is 24.3 Å². The molecule has 2 aromatic rings. The zero-order valence-electron chi connectivity index (χ0n) is 19.4. The van der Waals surface area contributed by atoms with Crippen molar-refractivity contribution < 1.29 is 13.3 Å². The second-order valence-corrected chi connectivity index (χ2v) is 10.1. The van der Waals surface area contributed by atoms with E-state index in [-0.39, 0.29) is 11.9 Å². The molecule has 0 spiro atoms. The van der Waals surface area contributed by atoms with E-state index in [1.165, 1.54) is 18.6 Å². The number of anilines is 2. The number of ether oxygens (including phenoxy) is 1. The molecule has 8 heteroatoms. The van der Waals surface area contributed by atoms with Gasteiger partial charge in [0.2, 0.25) is 5.95 Å². The number of halogens is 1. The number of methoxy groups -OCH3 is 1. The lowest BCUT2D eigenvalue weighted by molar-refractivity contribution is 0.414. The molecule has 1 saturated heterocycles. The van der Waals surface area contributed by atoms with Crippen LogP contribution in [0.15, 0.2) is 53.2 Å². The zero-order chi connectivity index (χ0) is 23.4. The lowest BCUT2D eigenvalue weighted by Crippen LogP contribution is -2.34. The van der Waals surface area contributed by atoms with Crippen LogP contribution in [0, 0.1) is 0 Å². The third-order valence-corrected chi connectivity index (χ3v) is 7.59. The minimum absolute atomic E-state index is 0.0918. The third-order valence-electron chi connectivity index (χ3n) is 6.13. The molecule has 0 amide bonds. The predicted octanol–water partition coefficient (Wildman–Crippen LogP) is 4.76. The van der Waals surface area contributed by atoms with Gasteiger partial charge in [-0.3, -0.25) is 4.21 Å². The van der Waals surface area contributed by atoms with Crippen LogP contribution in [0.25, 0.3) is 0 Å². The number of aromatic nitrogens is 2. The first-order chi connectivity index (χ1) is 15.9. The van der Waals surface area contributed by atoms with E-state index in [0.717, 1.165) is 37.4 Å². The standard InChI is InChI=1S/C25H31FN4O2S/c1-17(26)5-4-6-18(2)27-24-23-22(13-16-33(23)31)28-25(29-24)30-14-11-20(12-15-30)19-7-9-21(32-3)10-8-19/h4-10,18,20H,11-16H2,1-3H3,(H,27,28,29)/b6-4-,17-5+. The summed E-state index contributed by atoms with van der Waals surface area (Å²) in [6, 6.07) is 8.24. The molecule has 1 fully saturated rings. The van der Waals surface area contributed by atoms with Gasteiger partial charge < -0.3 is 15.0 Å². The fourth-order valence-corrected chi connectivity index (χ4v) is 5.64. The van der Waals surface area contributed by atoms with E-state index in [9.17, 15) is 8.60 Å². The third kappa shape index (κ3) is 5.61. The van der Waals surface area contributed by atoms with Crippen molar-refractivity contribution in [3.63, 3.8) is 0 Å². The van der Waals surface area contributed by atoms with Gasteiger partial charge in [-0.2, -0.15) is 4.98 Å². The molecule has 1 N–H and O–H groups in total. The first kappa shape index (κ1) is 23.4. The molecule has 1 aromatic carbocycles. The smallest absolute Gasteiger partial charge is 0.227 e. The number of hydrogen-bond donors (Lipinski definition) is 1. The molecule has 33 heavy (non-hydrogen) atoms. The SMILES string of the molecule is COc1ccc(C2CCN(c3nc4c(c(NC(C)/C=C\C=C(/C)F)n3)S(=O)CC4)CC2)cc1. The number of aryl methyl sites for hydroxylation is 1. The highest BCUT2D eigenvalue weighted by Crippen LogP contribution is 2.34. The van der Waals surface area contributed by atoms with Crippen LogP contribution >= 0.6 is 0 Å². The fraction of sp³-hybridized carbons (Fsp3) is 0.440. The van der Waals surface area contributed by atoms with Crippen molar-refractivity contribution in [3.05, 3.63) is 59.6 Å². The van der Waals surface area contributed by atoms with E-state index >= 15 is 0 Å². The summed E-state index contributed by atoms with van der Waals surface area (Å²) < 4.78 is 30.8. The summed E-state index contributed by atoms with van der Waals surface area (Å²) >= 11 is 0. The lowest BCUT2D eigenvalue weighted by Gasteiger charge is -2.32. The van der Waals surface area contributed by atoms with Crippen molar-refractivity contribution in [2.45, 2.75) is 50.0 Å². The molecule has 176 valence electrons. The molecule has 0 saturated carbocycles. The average molecular weight is 471 g/mol. The van der Waals surface area contributed by atoms with Crippen molar-refractivity contribution in [1.29, 1.82) is 0 Å². The van der Waals surface area contributed by atoms with E-state index in [4.69, 9.17) is 14.7 Å². The molecular weight excluding hydrogens is 439 g/mol. The largest absolute Gasteiger partial charge is 0.497 e. The van der Waals surface area contributed by atoms with Gasteiger partial charge in [0, 0.05) is 31.3 Å². The van der Waals surface area contributed by atoms with Gasteiger partial charge in [-0.05, 0) is 56.4 Å². The molecule has 2 aliphatic heterocycles. The Morgan fingerprint density at radius 3 is 2.67 bits per heavy atom. The number of nitrogens with one attached hydrogen (secondary N) is 1. The van der Waals surface area contributed by atoms with Gasteiger partial charge in [0.05, 0.1) is 29.4 Å². The second kappa shape index (κ2) is 10.5. The van der Waals surface area contributed by atoms with E-state index < -0.39 is 10.8 Å². The maximum Gasteiger partial charge on any atom is 0.227 e. The van der Waals surface area contributed by atoms with Gasteiger partial charge in [0.25, 0.3) is 0 Å². The molecule has 2 unspecified atom stereocenters. The number of rotatable bonds is 7. The molecule has 1 aromatic heterocycles. The highest BCUT2D eigenvalue weighted by molar-refractivity contribution is 7.85. The molecule has 6 nitrogen and oxygen atoms in total. The van der Waals surface area contributed by atoms with Gasteiger partial charge in [0.15, 0.2) is 0 Å². The molecule has 0 bridgehead atoms. The van der Waals surface area contributed by atoms with Crippen LogP contribution < -0.4 is 15.0 Å². The summed E-state index contributed by atoms with van der Waals surface area (Å²) in [4.78, 5) is 12.5. The number of piperidine rings is 1. The summed E-state index contributed by atoms with van der Waals surface area (Å²) in [7, 11) is 0.585. The Morgan fingerprint density at radius 1 is 1.27 bits per heavy atom. The Bertz CT molecular complexity index is 1060. The van der Waals surface area contributed by atoms with Crippen LogP contribution in [0.4, 0.5) is 16.2 Å². The summed E-state index contributed by atoms with van der Waals surface area (Å²) in [6.07, 6.45) is 7.69. The molecule has 0 aliphatic carbocycles. The fourth-order valence-electron chi connectivity index (χ4n) is 4.33. The van der Waals surface area contributed by atoms with Crippen LogP contribution in [0.3, 0.4) is 0 Å². The minimum Gasteiger partial charge on any atom is -0.497 e. The monoisotopic (exact) mass is 470 g/mol. The van der Waals surface area contributed by atoms with Crippen LogP contribution in [0.5, 0.6) is 5.75 Å². The van der Waals surface area contributed by atoms with E-state index in [2.05, 4.69) is 22.3 Å². The Morgan fingerprint density at radius 2 is 2.00 bits per heavy atom. The summed E-state index contributed by atoms with van der Waals surface area (Å²) in [5.74, 6) is 3.03. The van der Waals surface area contributed by atoms with Gasteiger partial charge in [0.1, 0.15) is 16.5 Å². The van der Waals surface area contributed by atoms with Crippen molar-refractivity contribution in [2.24, 2.45) is 0 Å². The van der Waals surface area contributed by atoms with E-state index in [0.29, 0.717) is 34.8 Å². The Hall–Kier alpha value is -2.74. The molecule has 3 heterocycles. The minimum atomic E-state index is -1.10. The summed E-state index contributed by atoms with van der Waals surface area (Å²) in [6.45, 7) is 5.11. The maximum absolute atomic E-state index is 13.0. The maximum atomic E-state index is 13.0. The average Bonchev–Trinajstić information content (AvgIpc) is 3.20. The second-order valence-electron chi connectivity index (χ2n) is 8.55. The quantitative estimate of drug-likeness (QED) is 0.589. The van der Waals surface area contributed by atoms with Crippen molar-refractivity contribution in [3.8, 4) is 5.75 Å². The highest BCUT2D eigenvalue weighted by Gasteiger charge is 2.29. The topological polar surface area (TPSA) is 67.3 Å². The van der Waals surface area contributed by atoms with Crippen molar-refractivity contribution in [1.82, 2.24) is 9.97 Å². The van der Waals surface area contributed by atoms with Gasteiger partial charge in [-0.15, -0.1) is 0 Å². The number of hydrogen-bond acceptors (Lipinski definition) is 6. The zero-order valence-corrected chi connectivity index (χ0v) is 20.2. The van der Waals surface area contributed by atoms with Crippen LogP contribution in [0.1, 0.15) is 43.9 Å². The van der Waals surface area contributed by atoms with Crippen LogP contribution in [-0.4, -0.2) is 46.2 Å². The summed E-state index contributed by atoms with van der Waals surface area (Å²) in [5.41, 5.74) is 2.20. The Balaban J connectivity index is 1.49. The molecular formula is C25H31FN4O2S. The van der Waals surface area contributed by atoms with E-state index in [1.807, 2.05) is 25.1 Å². The molecule has 0 radical (unpaired) electrons. The molecule has 2 atom stereocenters. The van der Waals surface area contributed by atoms with Crippen molar-refractivity contribution >= 4 is 22.6 Å². The molecule has 2 aliphatic rings. The highest BCUT2D eigenvalue weighted by atomic mass is 32.2. The summed E-state index contributed by atoms with van der Waals surface area (Å²) in [5, 5.41) is 3.35.